The zero-order chi connectivity index (χ0) is 13.5. The lowest BCUT2D eigenvalue weighted by atomic mass is 9.97. The molecule has 1 atom stereocenters. The molecule has 0 spiro atoms. The SMILES string of the molecule is CCCCNC(=O)C1CCCN(Cc2ccon2)C1. The number of hydrogen-bond acceptors (Lipinski definition) is 4. The lowest BCUT2D eigenvalue weighted by Crippen LogP contribution is -2.42. The molecule has 19 heavy (non-hydrogen) atoms. The molecule has 5 heteroatoms. The average Bonchev–Trinajstić information content (AvgIpc) is 2.92. The van der Waals surface area contributed by atoms with Crippen LogP contribution in [0.4, 0.5) is 0 Å². The normalized spacial score (nSPS) is 20.4. The molecule has 1 aromatic heterocycles. The first-order valence-corrected chi connectivity index (χ1v) is 7.19. The molecule has 1 unspecified atom stereocenters. The number of aromatic nitrogens is 1. The predicted octanol–water partition coefficient (Wildman–Crippen LogP) is 1.80. The van der Waals surface area contributed by atoms with Crippen LogP contribution in [0.3, 0.4) is 0 Å². The van der Waals surface area contributed by atoms with E-state index in [1.54, 1.807) is 6.26 Å². The number of piperidine rings is 1. The molecule has 0 saturated carbocycles. The summed E-state index contributed by atoms with van der Waals surface area (Å²) in [6.45, 7) is 5.56. The Morgan fingerprint density at radius 2 is 2.53 bits per heavy atom. The molecule has 1 aliphatic rings. The van der Waals surface area contributed by atoms with Gasteiger partial charge in [0.05, 0.1) is 11.6 Å². The Hall–Kier alpha value is -1.36. The van der Waals surface area contributed by atoms with Crippen LogP contribution in [-0.4, -0.2) is 35.6 Å². The van der Waals surface area contributed by atoms with Gasteiger partial charge >= 0.3 is 0 Å². The van der Waals surface area contributed by atoms with Gasteiger partial charge in [-0.2, -0.15) is 0 Å². The molecule has 1 aliphatic heterocycles. The quantitative estimate of drug-likeness (QED) is 0.797. The number of unbranched alkanes of at least 4 members (excludes halogenated alkanes) is 1. The number of hydrogen-bond donors (Lipinski definition) is 1. The maximum Gasteiger partial charge on any atom is 0.224 e. The van der Waals surface area contributed by atoms with Crippen molar-refractivity contribution in [3.63, 3.8) is 0 Å². The first kappa shape index (κ1) is 14.1. The topological polar surface area (TPSA) is 58.4 Å². The van der Waals surface area contributed by atoms with Gasteiger partial charge < -0.3 is 9.84 Å². The first-order valence-electron chi connectivity index (χ1n) is 7.19. The second-order valence-electron chi connectivity index (χ2n) is 5.21. The van der Waals surface area contributed by atoms with Crippen molar-refractivity contribution in [2.75, 3.05) is 19.6 Å². The van der Waals surface area contributed by atoms with Crippen LogP contribution in [0.15, 0.2) is 16.9 Å². The fourth-order valence-corrected chi connectivity index (χ4v) is 2.49. The monoisotopic (exact) mass is 265 g/mol. The minimum absolute atomic E-state index is 0.123. The zero-order valence-corrected chi connectivity index (χ0v) is 11.6. The van der Waals surface area contributed by atoms with Crippen molar-refractivity contribution in [2.24, 2.45) is 5.92 Å². The second-order valence-corrected chi connectivity index (χ2v) is 5.21. The minimum atomic E-state index is 0.123. The molecule has 2 heterocycles. The van der Waals surface area contributed by atoms with Gasteiger partial charge in [0, 0.05) is 25.7 Å². The molecule has 1 saturated heterocycles. The summed E-state index contributed by atoms with van der Waals surface area (Å²) in [5.74, 6) is 0.329. The Morgan fingerprint density at radius 1 is 1.63 bits per heavy atom. The van der Waals surface area contributed by atoms with Crippen LogP contribution in [0.2, 0.25) is 0 Å². The standard InChI is InChI=1S/C14H23N3O2/c1-2-3-7-15-14(18)12-5-4-8-17(10-12)11-13-6-9-19-16-13/h6,9,12H,2-5,7-8,10-11H2,1H3,(H,15,18). The van der Waals surface area contributed by atoms with Crippen molar-refractivity contribution in [1.82, 2.24) is 15.4 Å². The third kappa shape index (κ3) is 4.35. The third-order valence-corrected chi connectivity index (χ3v) is 3.58. The van der Waals surface area contributed by atoms with E-state index in [1.165, 1.54) is 0 Å². The van der Waals surface area contributed by atoms with Crippen LogP contribution in [0.1, 0.15) is 38.3 Å². The van der Waals surface area contributed by atoms with E-state index < -0.39 is 0 Å². The average molecular weight is 265 g/mol. The molecular weight excluding hydrogens is 242 g/mol. The highest BCUT2D eigenvalue weighted by molar-refractivity contribution is 5.78. The van der Waals surface area contributed by atoms with E-state index in [2.05, 4.69) is 22.3 Å². The number of nitrogens with one attached hydrogen (secondary N) is 1. The van der Waals surface area contributed by atoms with Gasteiger partial charge in [-0.3, -0.25) is 9.69 Å². The highest BCUT2D eigenvalue weighted by Gasteiger charge is 2.25. The Bertz CT molecular complexity index is 378. The molecule has 0 aliphatic carbocycles. The van der Waals surface area contributed by atoms with E-state index in [0.29, 0.717) is 0 Å². The maximum absolute atomic E-state index is 12.0. The van der Waals surface area contributed by atoms with Gasteiger partial charge in [-0.25, -0.2) is 0 Å². The molecule has 5 nitrogen and oxygen atoms in total. The predicted molar refractivity (Wildman–Crippen MR) is 72.4 cm³/mol. The Kier molecular flexibility index (Phi) is 5.39. The smallest absolute Gasteiger partial charge is 0.224 e. The maximum atomic E-state index is 12.0. The summed E-state index contributed by atoms with van der Waals surface area (Å²) in [4.78, 5) is 14.3. The van der Waals surface area contributed by atoms with Crippen molar-refractivity contribution in [3.05, 3.63) is 18.0 Å². The number of nitrogens with zero attached hydrogens (tertiary/aromatic N) is 2. The molecule has 1 N–H and O–H groups in total. The highest BCUT2D eigenvalue weighted by atomic mass is 16.5. The van der Waals surface area contributed by atoms with Crippen molar-refractivity contribution in [1.29, 1.82) is 0 Å². The second kappa shape index (κ2) is 7.28. The van der Waals surface area contributed by atoms with Crippen LogP contribution in [-0.2, 0) is 11.3 Å². The van der Waals surface area contributed by atoms with Crippen molar-refractivity contribution in [3.8, 4) is 0 Å². The number of likely N-dealkylation sites (tertiary alicyclic amines) is 1. The van der Waals surface area contributed by atoms with E-state index in [-0.39, 0.29) is 11.8 Å². The van der Waals surface area contributed by atoms with E-state index in [9.17, 15) is 4.79 Å². The van der Waals surface area contributed by atoms with Crippen LogP contribution in [0, 0.1) is 5.92 Å². The van der Waals surface area contributed by atoms with Gasteiger partial charge in [0.15, 0.2) is 0 Å². The number of carbonyl (C=O) groups excluding carboxylic acids is 1. The fraction of sp³-hybridized carbons (Fsp3) is 0.714. The molecule has 0 bridgehead atoms. The number of rotatable bonds is 6. The summed E-state index contributed by atoms with van der Waals surface area (Å²) in [7, 11) is 0. The van der Waals surface area contributed by atoms with E-state index in [1.807, 2.05) is 6.07 Å². The Balaban J connectivity index is 1.78. The van der Waals surface area contributed by atoms with Crippen LogP contribution in [0.25, 0.3) is 0 Å². The number of amides is 1. The summed E-state index contributed by atoms with van der Waals surface area (Å²) in [5.41, 5.74) is 0.937. The summed E-state index contributed by atoms with van der Waals surface area (Å²) in [5, 5.41) is 6.96. The Labute approximate surface area is 114 Å². The summed E-state index contributed by atoms with van der Waals surface area (Å²) in [6.07, 6.45) is 5.83. The highest BCUT2D eigenvalue weighted by Crippen LogP contribution is 2.18. The lowest BCUT2D eigenvalue weighted by Gasteiger charge is -2.31. The largest absolute Gasteiger partial charge is 0.364 e. The molecule has 2 rings (SSSR count). The van der Waals surface area contributed by atoms with Gasteiger partial charge in [0.1, 0.15) is 6.26 Å². The molecule has 0 aromatic carbocycles. The van der Waals surface area contributed by atoms with E-state index in [0.717, 1.165) is 57.6 Å². The summed E-state index contributed by atoms with van der Waals surface area (Å²) in [6, 6.07) is 1.88. The van der Waals surface area contributed by atoms with Crippen molar-refractivity contribution >= 4 is 5.91 Å². The molecule has 106 valence electrons. The van der Waals surface area contributed by atoms with Gasteiger partial charge in [0.25, 0.3) is 0 Å². The Morgan fingerprint density at radius 3 is 3.26 bits per heavy atom. The van der Waals surface area contributed by atoms with E-state index >= 15 is 0 Å². The summed E-state index contributed by atoms with van der Waals surface area (Å²) < 4.78 is 4.84. The van der Waals surface area contributed by atoms with Crippen molar-refractivity contribution < 1.29 is 9.32 Å². The molecule has 0 radical (unpaired) electrons. The minimum Gasteiger partial charge on any atom is -0.364 e. The number of carbonyl (C=O) groups is 1. The molecule has 1 amide bonds. The van der Waals surface area contributed by atoms with Gasteiger partial charge in [0.2, 0.25) is 5.91 Å². The molecule has 1 fully saturated rings. The lowest BCUT2D eigenvalue weighted by molar-refractivity contribution is -0.126. The van der Waals surface area contributed by atoms with Gasteiger partial charge in [-0.1, -0.05) is 18.5 Å². The summed E-state index contributed by atoms with van der Waals surface area (Å²) >= 11 is 0. The van der Waals surface area contributed by atoms with Crippen molar-refractivity contribution in [2.45, 2.75) is 39.2 Å². The fourth-order valence-electron chi connectivity index (χ4n) is 2.49. The van der Waals surface area contributed by atoms with Gasteiger partial charge in [-0.15, -0.1) is 0 Å². The zero-order valence-electron chi connectivity index (χ0n) is 11.6. The first-order chi connectivity index (χ1) is 9.29. The van der Waals surface area contributed by atoms with Gasteiger partial charge in [-0.05, 0) is 25.8 Å². The molecule has 1 aromatic rings. The van der Waals surface area contributed by atoms with E-state index in [4.69, 9.17) is 4.52 Å². The van der Waals surface area contributed by atoms with Crippen LogP contribution < -0.4 is 5.32 Å². The van der Waals surface area contributed by atoms with Crippen LogP contribution in [0.5, 0.6) is 0 Å². The third-order valence-electron chi connectivity index (χ3n) is 3.58. The van der Waals surface area contributed by atoms with Crippen LogP contribution >= 0.6 is 0 Å². The molecular formula is C14H23N3O2.